The number of hydrogen-bond acceptors (Lipinski definition) is 6. The molecule has 7 nitrogen and oxygen atoms in total. The van der Waals surface area contributed by atoms with Crippen LogP contribution in [0.25, 0.3) is 22.1 Å². The fourth-order valence-corrected chi connectivity index (χ4v) is 4.52. The Morgan fingerprint density at radius 2 is 1.84 bits per heavy atom. The number of hydrogen-bond donors (Lipinski definition) is 1. The highest BCUT2D eigenvalue weighted by Crippen LogP contribution is 2.37. The van der Waals surface area contributed by atoms with E-state index in [1.54, 1.807) is 0 Å². The third-order valence-corrected chi connectivity index (χ3v) is 6.43. The molecule has 1 saturated heterocycles. The first-order valence-electron chi connectivity index (χ1n) is 11.7. The molecule has 1 aliphatic heterocycles. The second-order valence-electron chi connectivity index (χ2n) is 8.59. The molecule has 0 saturated carbocycles. The topological polar surface area (TPSA) is 81.0 Å². The van der Waals surface area contributed by atoms with Gasteiger partial charge in [0.25, 0.3) is 5.91 Å². The predicted molar refractivity (Wildman–Crippen MR) is 140 cm³/mol. The van der Waals surface area contributed by atoms with Crippen LogP contribution in [-0.4, -0.2) is 39.3 Å². The second-order valence-corrected chi connectivity index (χ2v) is 9.02. The number of carbonyl (C=O) groups is 1. The van der Waals surface area contributed by atoms with Gasteiger partial charge in [-0.3, -0.25) is 9.59 Å². The van der Waals surface area contributed by atoms with Crippen LogP contribution in [0, 0.1) is 5.82 Å². The summed E-state index contributed by atoms with van der Waals surface area (Å²) in [6.07, 6.45) is 0. The largest absolute Gasteiger partial charge is 0.494 e. The average Bonchev–Trinajstić information content (AvgIpc) is 2.93. The molecular formula is C28H24ClFN2O5. The van der Waals surface area contributed by atoms with Crippen LogP contribution in [0.4, 0.5) is 10.3 Å². The van der Waals surface area contributed by atoms with E-state index in [0.29, 0.717) is 38.7 Å². The lowest BCUT2D eigenvalue weighted by molar-refractivity contribution is 0.0950. The van der Waals surface area contributed by atoms with Crippen molar-refractivity contribution in [2.24, 2.45) is 0 Å². The third-order valence-electron chi connectivity index (χ3n) is 6.21. The Morgan fingerprint density at radius 3 is 2.57 bits per heavy atom. The zero-order valence-corrected chi connectivity index (χ0v) is 20.8. The molecule has 9 heteroatoms. The molecule has 1 amide bonds. The molecule has 3 aromatic carbocycles. The molecular weight excluding hydrogens is 499 g/mol. The van der Waals surface area contributed by atoms with Crippen LogP contribution in [0.5, 0.6) is 5.75 Å². The first-order valence-corrected chi connectivity index (χ1v) is 12.1. The Labute approximate surface area is 217 Å². The van der Waals surface area contributed by atoms with Gasteiger partial charge < -0.3 is 24.1 Å². The molecule has 0 aliphatic carbocycles. The van der Waals surface area contributed by atoms with Crippen LogP contribution in [0.1, 0.15) is 15.9 Å². The highest BCUT2D eigenvalue weighted by molar-refractivity contribution is 6.31. The van der Waals surface area contributed by atoms with Crippen LogP contribution < -0.4 is 20.4 Å². The smallest absolute Gasteiger partial charge is 0.251 e. The number of fused-ring (bicyclic) bond motifs is 1. The lowest BCUT2D eigenvalue weighted by Gasteiger charge is -2.27. The summed E-state index contributed by atoms with van der Waals surface area (Å²) in [7, 11) is 1.32. The van der Waals surface area contributed by atoms with Crippen molar-refractivity contribution in [1.82, 2.24) is 5.32 Å². The van der Waals surface area contributed by atoms with Gasteiger partial charge in [-0.05, 0) is 29.8 Å². The molecule has 0 spiro atoms. The van der Waals surface area contributed by atoms with Crippen LogP contribution >= 0.6 is 11.6 Å². The molecule has 1 fully saturated rings. The first kappa shape index (κ1) is 24.8. The van der Waals surface area contributed by atoms with Gasteiger partial charge in [-0.25, -0.2) is 4.39 Å². The molecule has 0 radical (unpaired) electrons. The maximum absolute atomic E-state index is 15.6. The van der Waals surface area contributed by atoms with Gasteiger partial charge in [0.1, 0.15) is 5.58 Å². The van der Waals surface area contributed by atoms with E-state index in [1.807, 2.05) is 35.2 Å². The van der Waals surface area contributed by atoms with E-state index in [4.69, 9.17) is 25.5 Å². The SMILES string of the molecule is COc1cc(C(=O)NCc2ccccc2)cc(-c2cc(Cl)cc3c(=O)cc(N4CCOCC4)oc23)c1F. The summed E-state index contributed by atoms with van der Waals surface area (Å²) in [5.41, 5.74) is 1.23. The van der Waals surface area contributed by atoms with E-state index in [0.717, 1.165) is 5.56 Å². The van der Waals surface area contributed by atoms with Crippen molar-refractivity contribution in [3.05, 3.63) is 92.9 Å². The van der Waals surface area contributed by atoms with Crippen molar-refractivity contribution in [2.75, 3.05) is 38.3 Å². The third kappa shape index (κ3) is 5.16. The monoisotopic (exact) mass is 522 g/mol. The van der Waals surface area contributed by atoms with E-state index in [2.05, 4.69) is 5.32 Å². The van der Waals surface area contributed by atoms with Crippen molar-refractivity contribution < 1.29 is 23.1 Å². The number of nitrogens with zero attached hydrogens (tertiary/aromatic N) is 1. The number of benzene rings is 3. The standard InChI is InChI=1S/C28H24ClFN2O5/c1-35-24-12-18(28(34)31-16-17-5-3-2-4-6-17)11-20(26(24)30)21-13-19(29)14-22-23(33)15-25(37-27(21)22)32-7-9-36-10-8-32/h2-6,11-15H,7-10,16H2,1H3,(H,31,34). The molecule has 1 aromatic heterocycles. The molecule has 0 bridgehead atoms. The number of morpholine rings is 1. The Balaban J connectivity index is 1.61. The number of methoxy groups -OCH3 is 1. The van der Waals surface area contributed by atoms with Gasteiger partial charge in [-0.1, -0.05) is 41.9 Å². The molecule has 2 heterocycles. The van der Waals surface area contributed by atoms with Crippen molar-refractivity contribution in [3.8, 4) is 16.9 Å². The van der Waals surface area contributed by atoms with Gasteiger partial charge in [-0.2, -0.15) is 0 Å². The van der Waals surface area contributed by atoms with Gasteiger partial charge >= 0.3 is 0 Å². The van der Waals surface area contributed by atoms with Crippen molar-refractivity contribution in [2.45, 2.75) is 6.54 Å². The van der Waals surface area contributed by atoms with Crippen LogP contribution in [0.15, 0.2) is 69.9 Å². The number of amides is 1. The Kier molecular flexibility index (Phi) is 7.12. The molecule has 190 valence electrons. The summed E-state index contributed by atoms with van der Waals surface area (Å²) in [6.45, 7) is 2.40. The van der Waals surface area contributed by atoms with Gasteiger partial charge in [0.05, 0.1) is 25.7 Å². The average molecular weight is 523 g/mol. The van der Waals surface area contributed by atoms with E-state index in [1.165, 1.54) is 37.4 Å². The normalized spacial score (nSPS) is 13.5. The molecule has 4 aromatic rings. The maximum atomic E-state index is 15.6. The number of carbonyl (C=O) groups excluding carboxylic acids is 1. The maximum Gasteiger partial charge on any atom is 0.251 e. The molecule has 37 heavy (non-hydrogen) atoms. The Morgan fingerprint density at radius 1 is 1.08 bits per heavy atom. The number of rotatable bonds is 6. The van der Waals surface area contributed by atoms with Gasteiger partial charge in [0.15, 0.2) is 22.9 Å². The fourth-order valence-electron chi connectivity index (χ4n) is 4.30. The van der Waals surface area contributed by atoms with E-state index in [9.17, 15) is 9.59 Å². The minimum absolute atomic E-state index is 0.0268. The molecule has 0 unspecified atom stereocenters. The predicted octanol–water partition coefficient (Wildman–Crippen LogP) is 5.03. The van der Waals surface area contributed by atoms with Crippen LogP contribution in [-0.2, 0) is 11.3 Å². The second kappa shape index (κ2) is 10.6. The van der Waals surface area contributed by atoms with Crippen LogP contribution in [0.2, 0.25) is 5.02 Å². The summed E-state index contributed by atoms with van der Waals surface area (Å²) in [6, 6.07) is 16.6. The molecule has 1 N–H and O–H groups in total. The minimum Gasteiger partial charge on any atom is -0.494 e. The summed E-state index contributed by atoms with van der Waals surface area (Å²) >= 11 is 6.34. The zero-order chi connectivity index (χ0) is 25.9. The molecule has 1 aliphatic rings. The first-order chi connectivity index (χ1) is 17.9. The van der Waals surface area contributed by atoms with E-state index < -0.39 is 11.7 Å². The summed E-state index contributed by atoms with van der Waals surface area (Å²) in [5, 5.41) is 3.27. The van der Waals surface area contributed by atoms with Crippen molar-refractivity contribution >= 4 is 34.4 Å². The number of ether oxygens (including phenoxy) is 2. The highest BCUT2D eigenvalue weighted by atomic mass is 35.5. The van der Waals surface area contributed by atoms with Crippen LogP contribution in [0.3, 0.4) is 0 Å². The number of anilines is 1. The molecule has 5 rings (SSSR count). The molecule has 0 atom stereocenters. The van der Waals surface area contributed by atoms with Crippen molar-refractivity contribution in [3.63, 3.8) is 0 Å². The summed E-state index contributed by atoms with van der Waals surface area (Å²) < 4.78 is 32.4. The lowest BCUT2D eigenvalue weighted by atomic mass is 9.99. The quantitative estimate of drug-likeness (QED) is 0.383. The fraction of sp³-hybridized carbons (Fsp3) is 0.214. The summed E-state index contributed by atoms with van der Waals surface area (Å²) in [5.74, 6) is -0.883. The van der Waals surface area contributed by atoms with Gasteiger partial charge in [0, 0.05) is 47.4 Å². The Hall–Kier alpha value is -3.88. The Bertz CT molecular complexity index is 1520. The summed E-state index contributed by atoms with van der Waals surface area (Å²) in [4.78, 5) is 27.9. The van der Waals surface area contributed by atoms with E-state index >= 15 is 4.39 Å². The van der Waals surface area contributed by atoms with Gasteiger partial charge in [-0.15, -0.1) is 0 Å². The minimum atomic E-state index is -0.704. The van der Waals surface area contributed by atoms with Gasteiger partial charge in [0.2, 0.25) is 0 Å². The highest BCUT2D eigenvalue weighted by Gasteiger charge is 2.22. The number of nitrogens with one attached hydrogen (secondary N) is 1. The lowest BCUT2D eigenvalue weighted by Crippen LogP contribution is -2.36. The van der Waals surface area contributed by atoms with E-state index in [-0.39, 0.29) is 43.9 Å². The number of halogens is 2. The van der Waals surface area contributed by atoms with Crippen molar-refractivity contribution in [1.29, 1.82) is 0 Å². The zero-order valence-electron chi connectivity index (χ0n) is 20.1.